The summed E-state index contributed by atoms with van der Waals surface area (Å²) in [5, 5.41) is 3.16. The number of hydrogen-bond acceptors (Lipinski definition) is 3. The van der Waals surface area contributed by atoms with Crippen LogP contribution in [0.4, 0.5) is 5.69 Å². The van der Waals surface area contributed by atoms with E-state index in [4.69, 9.17) is 11.5 Å². The molecule has 94 valence electrons. The van der Waals surface area contributed by atoms with Gasteiger partial charge in [-0.05, 0) is 24.1 Å². The van der Waals surface area contributed by atoms with Crippen molar-refractivity contribution in [2.45, 2.75) is 19.9 Å². The minimum atomic E-state index is -0.446. The Kier molecular flexibility index (Phi) is 4.96. The standard InChI is InChI=1S/C12H18BrN3O/c1-7(2)10(14)6-16-11-5-8(13)3-4-9(11)12(15)17/h3-5,7,10,16H,6,14H2,1-2H3,(H2,15,17). The Morgan fingerprint density at radius 2 is 2.12 bits per heavy atom. The van der Waals surface area contributed by atoms with Gasteiger partial charge >= 0.3 is 0 Å². The van der Waals surface area contributed by atoms with Gasteiger partial charge in [-0.2, -0.15) is 0 Å². The van der Waals surface area contributed by atoms with Crippen molar-refractivity contribution in [1.29, 1.82) is 0 Å². The van der Waals surface area contributed by atoms with E-state index < -0.39 is 5.91 Å². The zero-order valence-corrected chi connectivity index (χ0v) is 11.6. The second-order valence-corrected chi connectivity index (χ2v) is 5.26. The summed E-state index contributed by atoms with van der Waals surface area (Å²) in [5.74, 6) is -0.0650. The number of halogens is 1. The summed E-state index contributed by atoms with van der Waals surface area (Å²) in [5.41, 5.74) is 12.4. The number of anilines is 1. The molecule has 0 aliphatic carbocycles. The topological polar surface area (TPSA) is 81.1 Å². The van der Waals surface area contributed by atoms with Crippen molar-refractivity contribution in [3.8, 4) is 0 Å². The first-order valence-electron chi connectivity index (χ1n) is 5.50. The Hall–Kier alpha value is -1.07. The van der Waals surface area contributed by atoms with Gasteiger partial charge in [-0.3, -0.25) is 4.79 Å². The van der Waals surface area contributed by atoms with Gasteiger partial charge in [-0.25, -0.2) is 0 Å². The molecule has 0 fully saturated rings. The number of carbonyl (C=O) groups is 1. The quantitative estimate of drug-likeness (QED) is 0.777. The van der Waals surface area contributed by atoms with Crippen molar-refractivity contribution in [2.24, 2.45) is 17.4 Å². The molecular weight excluding hydrogens is 282 g/mol. The first-order valence-corrected chi connectivity index (χ1v) is 6.30. The molecule has 0 saturated heterocycles. The van der Waals surface area contributed by atoms with Gasteiger partial charge in [-0.1, -0.05) is 29.8 Å². The predicted octanol–water partition coefficient (Wildman–Crippen LogP) is 1.94. The first kappa shape index (κ1) is 14.0. The number of nitrogens with one attached hydrogen (secondary N) is 1. The van der Waals surface area contributed by atoms with E-state index in [1.807, 2.05) is 6.07 Å². The summed E-state index contributed by atoms with van der Waals surface area (Å²) in [6.45, 7) is 4.72. The molecule has 0 aliphatic rings. The smallest absolute Gasteiger partial charge is 0.250 e. The molecule has 1 aromatic carbocycles. The lowest BCUT2D eigenvalue weighted by molar-refractivity contribution is 0.100. The maximum Gasteiger partial charge on any atom is 0.250 e. The molecule has 0 saturated carbocycles. The third-order valence-electron chi connectivity index (χ3n) is 2.63. The van der Waals surface area contributed by atoms with Crippen LogP contribution in [0.25, 0.3) is 0 Å². The van der Waals surface area contributed by atoms with E-state index in [0.717, 1.165) is 4.47 Å². The summed E-state index contributed by atoms with van der Waals surface area (Å²) in [7, 11) is 0. The fraction of sp³-hybridized carbons (Fsp3) is 0.417. The van der Waals surface area contributed by atoms with Crippen LogP contribution in [0.2, 0.25) is 0 Å². The normalized spacial score (nSPS) is 12.5. The lowest BCUT2D eigenvalue weighted by Gasteiger charge is -2.18. The number of rotatable bonds is 5. The van der Waals surface area contributed by atoms with Gasteiger partial charge < -0.3 is 16.8 Å². The van der Waals surface area contributed by atoms with E-state index >= 15 is 0 Å². The van der Waals surface area contributed by atoms with Crippen molar-refractivity contribution < 1.29 is 4.79 Å². The molecule has 1 rings (SSSR count). The summed E-state index contributed by atoms with van der Waals surface area (Å²) in [6, 6.07) is 5.34. The van der Waals surface area contributed by atoms with E-state index in [0.29, 0.717) is 23.7 Å². The average Bonchev–Trinajstić information content (AvgIpc) is 2.25. The van der Waals surface area contributed by atoms with Gasteiger partial charge in [0.05, 0.1) is 5.56 Å². The van der Waals surface area contributed by atoms with Gasteiger partial charge in [0, 0.05) is 22.7 Å². The molecule has 0 aliphatic heterocycles. The molecule has 4 nitrogen and oxygen atoms in total. The average molecular weight is 300 g/mol. The molecule has 0 spiro atoms. The summed E-state index contributed by atoms with van der Waals surface area (Å²) >= 11 is 3.36. The van der Waals surface area contributed by atoms with Gasteiger partial charge in [0.25, 0.3) is 5.91 Å². The molecule has 1 unspecified atom stereocenters. The molecule has 1 atom stereocenters. The minimum Gasteiger partial charge on any atom is -0.383 e. The Balaban J connectivity index is 2.82. The molecule has 0 aromatic heterocycles. The van der Waals surface area contributed by atoms with Crippen molar-refractivity contribution in [3.05, 3.63) is 28.2 Å². The molecule has 5 heteroatoms. The van der Waals surface area contributed by atoms with E-state index in [2.05, 4.69) is 35.1 Å². The van der Waals surface area contributed by atoms with Crippen molar-refractivity contribution in [3.63, 3.8) is 0 Å². The number of amides is 1. The van der Waals surface area contributed by atoms with E-state index in [1.165, 1.54) is 0 Å². The fourth-order valence-corrected chi connectivity index (χ4v) is 1.70. The third-order valence-corrected chi connectivity index (χ3v) is 3.12. The third kappa shape index (κ3) is 4.02. The zero-order chi connectivity index (χ0) is 13.0. The lowest BCUT2D eigenvalue weighted by atomic mass is 10.1. The van der Waals surface area contributed by atoms with Crippen molar-refractivity contribution in [2.75, 3.05) is 11.9 Å². The molecule has 0 radical (unpaired) electrons. The van der Waals surface area contributed by atoms with E-state index in [9.17, 15) is 4.79 Å². The van der Waals surface area contributed by atoms with Gasteiger partial charge in [0.15, 0.2) is 0 Å². The highest BCUT2D eigenvalue weighted by Gasteiger charge is 2.11. The second-order valence-electron chi connectivity index (χ2n) is 4.34. The number of primary amides is 1. The molecule has 17 heavy (non-hydrogen) atoms. The van der Waals surface area contributed by atoms with Crippen LogP contribution < -0.4 is 16.8 Å². The molecule has 0 heterocycles. The Bertz CT molecular complexity index is 407. The van der Waals surface area contributed by atoms with Crippen molar-refractivity contribution in [1.82, 2.24) is 0 Å². The summed E-state index contributed by atoms with van der Waals surface area (Å²) in [6.07, 6.45) is 0. The summed E-state index contributed by atoms with van der Waals surface area (Å²) in [4.78, 5) is 11.2. The Morgan fingerprint density at radius 1 is 1.47 bits per heavy atom. The van der Waals surface area contributed by atoms with E-state index in [1.54, 1.807) is 12.1 Å². The van der Waals surface area contributed by atoms with Crippen LogP contribution in [0.3, 0.4) is 0 Å². The van der Waals surface area contributed by atoms with E-state index in [-0.39, 0.29) is 6.04 Å². The van der Waals surface area contributed by atoms with Crippen LogP contribution in [-0.4, -0.2) is 18.5 Å². The number of nitrogens with two attached hydrogens (primary N) is 2. The number of benzene rings is 1. The fourth-order valence-electron chi connectivity index (χ4n) is 1.34. The number of hydrogen-bond donors (Lipinski definition) is 3. The molecule has 1 amide bonds. The molecule has 0 bridgehead atoms. The monoisotopic (exact) mass is 299 g/mol. The number of carbonyl (C=O) groups excluding carboxylic acids is 1. The highest BCUT2D eigenvalue weighted by molar-refractivity contribution is 9.10. The lowest BCUT2D eigenvalue weighted by Crippen LogP contribution is -2.34. The van der Waals surface area contributed by atoms with Gasteiger partial charge in [0.1, 0.15) is 0 Å². The summed E-state index contributed by atoms with van der Waals surface area (Å²) < 4.78 is 0.892. The molecular formula is C12H18BrN3O. The molecule has 5 N–H and O–H groups in total. The Morgan fingerprint density at radius 3 is 2.65 bits per heavy atom. The van der Waals surface area contributed by atoms with Crippen LogP contribution in [0.1, 0.15) is 24.2 Å². The zero-order valence-electron chi connectivity index (χ0n) is 10.0. The van der Waals surface area contributed by atoms with Crippen LogP contribution in [0.15, 0.2) is 22.7 Å². The highest BCUT2D eigenvalue weighted by atomic mass is 79.9. The van der Waals surface area contributed by atoms with Crippen LogP contribution >= 0.6 is 15.9 Å². The van der Waals surface area contributed by atoms with Crippen LogP contribution in [-0.2, 0) is 0 Å². The largest absolute Gasteiger partial charge is 0.383 e. The maximum atomic E-state index is 11.2. The first-order chi connectivity index (χ1) is 7.91. The predicted molar refractivity (Wildman–Crippen MR) is 74.0 cm³/mol. The van der Waals surface area contributed by atoms with Gasteiger partial charge in [0.2, 0.25) is 0 Å². The minimum absolute atomic E-state index is 0.0368. The van der Waals surface area contributed by atoms with Crippen LogP contribution in [0.5, 0.6) is 0 Å². The van der Waals surface area contributed by atoms with Crippen molar-refractivity contribution >= 4 is 27.5 Å². The van der Waals surface area contributed by atoms with Crippen LogP contribution in [0, 0.1) is 5.92 Å². The highest BCUT2D eigenvalue weighted by Crippen LogP contribution is 2.21. The Labute approximate surface area is 110 Å². The molecule has 1 aromatic rings. The second kappa shape index (κ2) is 6.02. The SMILES string of the molecule is CC(C)C(N)CNc1cc(Br)ccc1C(N)=O. The van der Waals surface area contributed by atoms with Gasteiger partial charge in [-0.15, -0.1) is 0 Å². The maximum absolute atomic E-state index is 11.2.